The van der Waals surface area contributed by atoms with E-state index in [9.17, 15) is 19.0 Å². The minimum Gasteiger partial charge on any atom is -0.462 e. The minimum atomic E-state index is -4.38. The van der Waals surface area contributed by atoms with Gasteiger partial charge in [0.15, 0.2) is 6.10 Å². The number of carbonyl (C=O) groups is 2. The van der Waals surface area contributed by atoms with Crippen LogP contribution in [0.4, 0.5) is 0 Å². The average molecular weight is 1040 g/mol. The number of ether oxygens (including phenoxy) is 2. The van der Waals surface area contributed by atoms with Crippen LogP contribution in [0.1, 0.15) is 309 Å². The number of phosphoric ester groups is 1. The first kappa shape index (κ1) is 70.5. The van der Waals surface area contributed by atoms with E-state index in [4.69, 9.17) is 18.5 Å². The SMILES string of the molecule is CCCCCC/C=C\C/C=C\CCCCCCCCCC(=O)OC(COC(=O)CCCCCCCCCCCCCCCCCCCCCCCCCCCCCCCC)COP(=O)(O)OCC[N+](C)(C)C. The van der Waals surface area contributed by atoms with Crippen molar-refractivity contribution in [1.82, 2.24) is 0 Å². The van der Waals surface area contributed by atoms with Crippen molar-refractivity contribution in [2.24, 2.45) is 0 Å². The summed E-state index contributed by atoms with van der Waals surface area (Å²) in [6.07, 6.45) is 65.5. The summed E-state index contributed by atoms with van der Waals surface area (Å²) in [6.45, 7) is 4.46. The van der Waals surface area contributed by atoms with Crippen LogP contribution in [0.3, 0.4) is 0 Å². The molecule has 0 rings (SSSR count). The number of esters is 2. The van der Waals surface area contributed by atoms with E-state index in [-0.39, 0.29) is 25.6 Å². The molecule has 0 aliphatic carbocycles. The highest BCUT2D eigenvalue weighted by Crippen LogP contribution is 2.43. The topological polar surface area (TPSA) is 108 Å². The first-order valence-electron chi connectivity index (χ1n) is 31.1. The maximum atomic E-state index is 12.8. The monoisotopic (exact) mass is 1040 g/mol. The van der Waals surface area contributed by atoms with E-state index in [1.54, 1.807) is 0 Å². The zero-order chi connectivity index (χ0) is 52.7. The minimum absolute atomic E-state index is 0.0324. The summed E-state index contributed by atoms with van der Waals surface area (Å²) in [7, 11) is 1.49. The van der Waals surface area contributed by atoms with Crippen LogP contribution >= 0.6 is 7.82 Å². The molecule has 10 heteroatoms. The van der Waals surface area contributed by atoms with Crippen LogP contribution in [0.2, 0.25) is 0 Å². The van der Waals surface area contributed by atoms with E-state index >= 15 is 0 Å². The molecule has 0 saturated heterocycles. The Balaban J connectivity index is 4.02. The number of likely N-dealkylation sites (N-methyl/N-ethyl adjacent to an activating group) is 1. The van der Waals surface area contributed by atoms with Crippen LogP contribution in [-0.2, 0) is 32.7 Å². The van der Waals surface area contributed by atoms with Gasteiger partial charge in [-0.2, -0.15) is 0 Å². The molecule has 2 unspecified atom stereocenters. The van der Waals surface area contributed by atoms with Gasteiger partial charge in [0.05, 0.1) is 27.7 Å². The molecular weight excluding hydrogens is 918 g/mol. The van der Waals surface area contributed by atoms with Crippen molar-refractivity contribution in [3.05, 3.63) is 24.3 Å². The van der Waals surface area contributed by atoms with E-state index < -0.39 is 26.5 Å². The molecule has 0 amide bonds. The molecular formula is C62H121NO8P+. The second-order valence-electron chi connectivity index (χ2n) is 22.5. The predicted molar refractivity (Wildman–Crippen MR) is 307 cm³/mol. The van der Waals surface area contributed by atoms with Gasteiger partial charge in [-0.3, -0.25) is 18.6 Å². The third-order valence-electron chi connectivity index (χ3n) is 14.0. The zero-order valence-corrected chi connectivity index (χ0v) is 49.3. The zero-order valence-electron chi connectivity index (χ0n) is 48.4. The van der Waals surface area contributed by atoms with Gasteiger partial charge >= 0.3 is 19.8 Å². The van der Waals surface area contributed by atoms with E-state index in [2.05, 4.69) is 38.2 Å². The first-order chi connectivity index (χ1) is 35.0. The van der Waals surface area contributed by atoms with Crippen molar-refractivity contribution in [1.29, 1.82) is 0 Å². The van der Waals surface area contributed by atoms with Crippen molar-refractivity contribution in [3.63, 3.8) is 0 Å². The summed E-state index contributed by atoms with van der Waals surface area (Å²) in [5.41, 5.74) is 0. The molecule has 0 aromatic rings. The molecule has 0 aromatic carbocycles. The van der Waals surface area contributed by atoms with Gasteiger partial charge in [-0.05, 0) is 44.9 Å². The summed E-state index contributed by atoms with van der Waals surface area (Å²) >= 11 is 0. The highest BCUT2D eigenvalue weighted by Gasteiger charge is 2.27. The van der Waals surface area contributed by atoms with Crippen LogP contribution in [0.25, 0.3) is 0 Å². The number of allylic oxidation sites excluding steroid dienone is 4. The number of carbonyl (C=O) groups excluding carboxylic acids is 2. The fourth-order valence-electron chi connectivity index (χ4n) is 9.17. The van der Waals surface area contributed by atoms with Crippen LogP contribution < -0.4 is 0 Å². The van der Waals surface area contributed by atoms with Gasteiger partial charge in [0.25, 0.3) is 0 Å². The maximum absolute atomic E-state index is 12.8. The Morgan fingerprint density at radius 1 is 0.431 bits per heavy atom. The molecule has 0 fully saturated rings. The number of unbranched alkanes of at least 4 members (excludes halogenated alkanes) is 40. The fraction of sp³-hybridized carbons (Fsp3) is 0.903. The molecule has 0 bridgehead atoms. The summed E-state index contributed by atoms with van der Waals surface area (Å²) in [6, 6.07) is 0. The fourth-order valence-corrected chi connectivity index (χ4v) is 9.91. The molecule has 0 aliphatic heterocycles. The van der Waals surface area contributed by atoms with Crippen molar-refractivity contribution in [3.8, 4) is 0 Å². The van der Waals surface area contributed by atoms with Crippen molar-refractivity contribution >= 4 is 19.8 Å². The molecule has 1 N–H and O–H groups in total. The smallest absolute Gasteiger partial charge is 0.462 e. The van der Waals surface area contributed by atoms with Gasteiger partial charge in [0, 0.05) is 12.8 Å². The van der Waals surface area contributed by atoms with Crippen molar-refractivity contribution < 1.29 is 42.1 Å². The Morgan fingerprint density at radius 2 is 0.750 bits per heavy atom. The lowest BCUT2D eigenvalue weighted by Gasteiger charge is -2.24. The lowest BCUT2D eigenvalue weighted by molar-refractivity contribution is -0.870. The predicted octanol–water partition coefficient (Wildman–Crippen LogP) is 19.4. The molecule has 9 nitrogen and oxygen atoms in total. The molecule has 0 aliphatic rings. The largest absolute Gasteiger partial charge is 0.472 e. The Labute approximate surface area is 447 Å². The molecule has 72 heavy (non-hydrogen) atoms. The molecule has 426 valence electrons. The third-order valence-corrected chi connectivity index (χ3v) is 15.0. The first-order valence-corrected chi connectivity index (χ1v) is 32.6. The van der Waals surface area contributed by atoms with Gasteiger partial charge in [0.1, 0.15) is 19.8 Å². The normalized spacial score (nSPS) is 13.4. The van der Waals surface area contributed by atoms with Crippen LogP contribution in [0.5, 0.6) is 0 Å². The summed E-state index contributed by atoms with van der Waals surface area (Å²) in [4.78, 5) is 35.7. The number of quaternary nitrogens is 1. The van der Waals surface area contributed by atoms with E-state index in [0.29, 0.717) is 23.9 Å². The second-order valence-corrected chi connectivity index (χ2v) is 23.9. The van der Waals surface area contributed by atoms with Crippen LogP contribution in [0, 0.1) is 0 Å². The quantitative estimate of drug-likeness (QED) is 0.0211. The van der Waals surface area contributed by atoms with Crippen molar-refractivity contribution in [2.45, 2.75) is 315 Å². The number of nitrogens with zero attached hydrogens (tertiary/aromatic N) is 1. The van der Waals surface area contributed by atoms with Gasteiger partial charge in [-0.1, -0.05) is 276 Å². The maximum Gasteiger partial charge on any atom is 0.472 e. The molecule has 0 radical (unpaired) electrons. The lowest BCUT2D eigenvalue weighted by Crippen LogP contribution is -2.37. The molecule has 0 aromatic heterocycles. The number of phosphoric acid groups is 1. The van der Waals surface area contributed by atoms with Crippen molar-refractivity contribution in [2.75, 3.05) is 47.5 Å². The van der Waals surface area contributed by atoms with Crippen LogP contribution in [-0.4, -0.2) is 74.9 Å². The average Bonchev–Trinajstić information content (AvgIpc) is 3.34. The molecule has 2 atom stereocenters. The van der Waals surface area contributed by atoms with E-state index in [1.165, 1.54) is 225 Å². The molecule has 0 spiro atoms. The van der Waals surface area contributed by atoms with E-state index in [1.807, 2.05) is 21.1 Å². The summed E-state index contributed by atoms with van der Waals surface area (Å²) in [5.74, 6) is -0.790. The highest BCUT2D eigenvalue weighted by atomic mass is 31.2. The van der Waals surface area contributed by atoms with Gasteiger partial charge in [0.2, 0.25) is 0 Å². The third kappa shape index (κ3) is 57.8. The second kappa shape index (κ2) is 54.3. The number of rotatable bonds is 58. The number of hydrogen-bond donors (Lipinski definition) is 1. The Hall–Kier alpha value is -1.51. The highest BCUT2D eigenvalue weighted by molar-refractivity contribution is 7.47. The van der Waals surface area contributed by atoms with E-state index in [0.717, 1.165) is 51.4 Å². The van der Waals surface area contributed by atoms with Gasteiger partial charge in [-0.25, -0.2) is 4.57 Å². The van der Waals surface area contributed by atoms with Gasteiger partial charge < -0.3 is 18.9 Å². The molecule has 0 heterocycles. The van der Waals surface area contributed by atoms with Gasteiger partial charge in [-0.15, -0.1) is 0 Å². The number of hydrogen-bond acceptors (Lipinski definition) is 7. The standard InChI is InChI=1S/C62H120NO8P/c1-6-8-10-12-14-16-18-20-22-24-26-27-28-29-30-31-32-33-34-35-36-37-39-40-42-44-46-48-50-52-54-61(64)68-58-60(59-70-72(66,67)69-57-56-63(3,4)5)71-62(65)55-53-51-49-47-45-43-41-38-25-23-21-19-17-15-13-11-9-7-2/h17,19,23,25,60H,6-16,18,20-22,24,26-59H2,1-5H3/p+1/b19-17-,25-23-. The Morgan fingerprint density at radius 3 is 1.11 bits per heavy atom. The summed E-state index contributed by atoms with van der Waals surface area (Å²) in [5, 5.41) is 0. The lowest BCUT2D eigenvalue weighted by atomic mass is 10.0. The molecule has 0 saturated carbocycles. The Kier molecular flexibility index (Phi) is 53.1. The Bertz CT molecular complexity index is 1270. The van der Waals surface area contributed by atoms with Crippen LogP contribution in [0.15, 0.2) is 24.3 Å². The summed E-state index contributed by atoms with van der Waals surface area (Å²) < 4.78 is 34.6.